The molecule has 1 aromatic rings. The Morgan fingerprint density at radius 1 is 1.44 bits per heavy atom. The highest BCUT2D eigenvalue weighted by Gasteiger charge is 2.33. The number of anilines is 1. The van der Waals surface area contributed by atoms with Gasteiger partial charge in [-0.05, 0) is 40.9 Å². The first-order valence-electron chi connectivity index (χ1n) is 6.33. The Morgan fingerprint density at radius 2 is 2.17 bits per heavy atom. The van der Waals surface area contributed by atoms with Crippen molar-refractivity contribution in [2.75, 3.05) is 11.4 Å². The quantitative estimate of drug-likeness (QED) is 0.931. The van der Waals surface area contributed by atoms with Crippen LogP contribution in [-0.2, 0) is 4.79 Å². The smallest absolute Gasteiger partial charge is 0.244 e. The topological polar surface area (TPSA) is 32.3 Å². The van der Waals surface area contributed by atoms with Crippen molar-refractivity contribution in [2.24, 2.45) is 0 Å². The summed E-state index contributed by atoms with van der Waals surface area (Å²) in [5, 5.41) is 3.32. The largest absolute Gasteiger partial charge is 0.310 e. The minimum Gasteiger partial charge on any atom is -0.310 e. The monoisotopic (exact) mass is 310 g/mol. The molecule has 0 aromatic heterocycles. The number of hydrogen-bond acceptors (Lipinski definition) is 2. The van der Waals surface area contributed by atoms with Crippen molar-refractivity contribution < 1.29 is 4.79 Å². The van der Waals surface area contributed by atoms with Crippen LogP contribution in [0.1, 0.15) is 25.8 Å². The van der Waals surface area contributed by atoms with E-state index in [4.69, 9.17) is 0 Å². The predicted molar refractivity (Wildman–Crippen MR) is 77.9 cm³/mol. The zero-order valence-electron chi connectivity index (χ0n) is 11.0. The molecule has 1 atom stereocenters. The molecule has 4 heteroatoms. The van der Waals surface area contributed by atoms with Crippen LogP contribution in [-0.4, -0.2) is 24.5 Å². The highest BCUT2D eigenvalue weighted by Crippen LogP contribution is 2.32. The lowest BCUT2D eigenvalue weighted by atomic mass is 10.2. The fraction of sp³-hybridized carbons (Fsp3) is 0.500. The molecule has 0 saturated carbocycles. The van der Waals surface area contributed by atoms with Gasteiger partial charge < -0.3 is 10.2 Å². The molecule has 1 aromatic carbocycles. The summed E-state index contributed by atoms with van der Waals surface area (Å²) in [6.07, 6.45) is 0.872. The van der Waals surface area contributed by atoms with Gasteiger partial charge in [0.2, 0.25) is 5.91 Å². The van der Waals surface area contributed by atoms with E-state index >= 15 is 0 Å². The number of rotatable bonds is 3. The summed E-state index contributed by atoms with van der Waals surface area (Å²) in [4.78, 5) is 14.2. The molecule has 0 bridgehead atoms. The summed E-state index contributed by atoms with van der Waals surface area (Å²) < 4.78 is 1.02. The van der Waals surface area contributed by atoms with E-state index in [1.807, 2.05) is 30.0 Å². The molecule has 1 saturated heterocycles. The second-order valence-corrected chi connectivity index (χ2v) is 5.85. The molecule has 98 valence electrons. The molecule has 1 N–H and O–H groups in total. The Balaban J connectivity index is 2.21. The molecule has 1 unspecified atom stereocenters. The maximum Gasteiger partial charge on any atom is 0.244 e. The summed E-state index contributed by atoms with van der Waals surface area (Å²) in [6, 6.07) is 6.31. The first kappa shape index (κ1) is 13.6. The molecule has 0 radical (unpaired) electrons. The number of hydrogen-bond donors (Lipinski definition) is 1. The average molecular weight is 311 g/mol. The number of halogens is 1. The fourth-order valence-electron chi connectivity index (χ4n) is 2.32. The van der Waals surface area contributed by atoms with Crippen LogP contribution in [0.25, 0.3) is 0 Å². The van der Waals surface area contributed by atoms with Crippen molar-refractivity contribution in [3.63, 3.8) is 0 Å². The van der Waals surface area contributed by atoms with Gasteiger partial charge in [-0.2, -0.15) is 0 Å². The van der Waals surface area contributed by atoms with Gasteiger partial charge in [-0.15, -0.1) is 0 Å². The Bertz CT molecular complexity index is 459. The van der Waals surface area contributed by atoms with Crippen LogP contribution in [0.4, 0.5) is 5.69 Å². The van der Waals surface area contributed by atoms with E-state index in [9.17, 15) is 4.79 Å². The normalized spacial score (nSPS) is 19.9. The second-order valence-electron chi connectivity index (χ2n) is 5.06. The van der Waals surface area contributed by atoms with Crippen molar-refractivity contribution >= 4 is 27.5 Å². The van der Waals surface area contributed by atoms with Crippen LogP contribution in [0.2, 0.25) is 0 Å². The van der Waals surface area contributed by atoms with E-state index in [0.29, 0.717) is 6.04 Å². The third-order valence-electron chi connectivity index (χ3n) is 3.20. The van der Waals surface area contributed by atoms with E-state index in [1.54, 1.807) is 0 Å². The summed E-state index contributed by atoms with van der Waals surface area (Å²) in [6.45, 7) is 6.96. The van der Waals surface area contributed by atoms with E-state index in [2.05, 4.69) is 35.1 Å². The Hall–Kier alpha value is -0.870. The third-order valence-corrected chi connectivity index (χ3v) is 4.23. The minimum absolute atomic E-state index is 0.0441. The maximum absolute atomic E-state index is 12.3. The van der Waals surface area contributed by atoms with Gasteiger partial charge in [0.05, 0.1) is 11.7 Å². The van der Waals surface area contributed by atoms with Crippen LogP contribution in [0.15, 0.2) is 22.7 Å². The van der Waals surface area contributed by atoms with Gasteiger partial charge >= 0.3 is 0 Å². The van der Waals surface area contributed by atoms with Crippen molar-refractivity contribution in [1.82, 2.24) is 5.32 Å². The maximum atomic E-state index is 12.3. The van der Waals surface area contributed by atoms with Crippen LogP contribution >= 0.6 is 15.9 Å². The van der Waals surface area contributed by atoms with E-state index in [0.717, 1.165) is 28.7 Å². The van der Waals surface area contributed by atoms with Gasteiger partial charge in [0.15, 0.2) is 0 Å². The van der Waals surface area contributed by atoms with Gasteiger partial charge in [0.1, 0.15) is 0 Å². The van der Waals surface area contributed by atoms with Crippen molar-refractivity contribution in [3.05, 3.63) is 28.2 Å². The standard InChI is InChI=1S/C14H19BrN2O/c1-9(2)16-11-7-8-17(14(11)18)12-6-4-5-10(3)13(12)15/h4-6,9,11,16H,7-8H2,1-3H3. The molecule has 0 spiro atoms. The summed E-state index contributed by atoms with van der Waals surface area (Å²) >= 11 is 3.57. The lowest BCUT2D eigenvalue weighted by Crippen LogP contribution is -2.41. The van der Waals surface area contributed by atoms with Gasteiger partial charge in [-0.1, -0.05) is 26.0 Å². The number of nitrogens with zero attached hydrogens (tertiary/aromatic N) is 1. The lowest BCUT2D eigenvalue weighted by molar-refractivity contribution is -0.118. The molecular weight excluding hydrogens is 292 g/mol. The van der Waals surface area contributed by atoms with Gasteiger partial charge in [-0.25, -0.2) is 0 Å². The molecule has 1 fully saturated rings. The number of carbonyl (C=O) groups is 1. The van der Waals surface area contributed by atoms with E-state index < -0.39 is 0 Å². The number of amides is 1. The Kier molecular flexibility index (Phi) is 4.07. The fourth-order valence-corrected chi connectivity index (χ4v) is 2.79. The summed E-state index contributed by atoms with van der Waals surface area (Å²) in [7, 11) is 0. The minimum atomic E-state index is -0.0441. The molecule has 2 rings (SSSR count). The molecular formula is C14H19BrN2O. The molecule has 0 aliphatic carbocycles. The number of benzene rings is 1. The summed E-state index contributed by atoms with van der Waals surface area (Å²) in [5.41, 5.74) is 2.13. The van der Waals surface area contributed by atoms with Gasteiger partial charge in [0, 0.05) is 17.1 Å². The second kappa shape index (κ2) is 5.41. The molecule has 1 heterocycles. The lowest BCUT2D eigenvalue weighted by Gasteiger charge is -2.20. The highest BCUT2D eigenvalue weighted by atomic mass is 79.9. The average Bonchev–Trinajstić information content (AvgIpc) is 2.64. The first-order chi connectivity index (χ1) is 8.50. The van der Waals surface area contributed by atoms with Crippen LogP contribution < -0.4 is 10.2 Å². The van der Waals surface area contributed by atoms with Crippen molar-refractivity contribution in [2.45, 2.75) is 39.3 Å². The highest BCUT2D eigenvalue weighted by molar-refractivity contribution is 9.10. The SMILES string of the molecule is Cc1cccc(N2CCC(NC(C)C)C2=O)c1Br. The van der Waals surface area contributed by atoms with Gasteiger partial charge in [0.25, 0.3) is 0 Å². The molecule has 18 heavy (non-hydrogen) atoms. The Morgan fingerprint density at radius 3 is 2.83 bits per heavy atom. The number of aryl methyl sites for hydroxylation is 1. The zero-order chi connectivity index (χ0) is 13.3. The van der Waals surface area contributed by atoms with Crippen LogP contribution in [0.5, 0.6) is 0 Å². The van der Waals surface area contributed by atoms with Crippen LogP contribution in [0, 0.1) is 6.92 Å². The third kappa shape index (κ3) is 2.59. The number of nitrogens with one attached hydrogen (secondary N) is 1. The zero-order valence-corrected chi connectivity index (χ0v) is 12.6. The van der Waals surface area contributed by atoms with E-state index in [-0.39, 0.29) is 11.9 Å². The molecule has 1 aliphatic rings. The van der Waals surface area contributed by atoms with Gasteiger partial charge in [-0.3, -0.25) is 4.79 Å². The van der Waals surface area contributed by atoms with Crippen molar-refractivity contribution in [1.29, 1.82) is 0 Å². The number of carbonyl (C=O) groups excluding carboxylic acids is 1. The Labute approximate surface area is 117 Å². The van der Waals surface area contributed by atoms with Crippen LogP contribution in [0.3, 0.4) is 0 Å². The molecule has 3 nitrogen and oxygen atoms in total. The van der Waals surface area contributed by atoms with E-state index in [1.165, 1.54) is 0 Å². The first-order valence-corrected chi connectivity index (χ1v) is 7.12. The predicted octanol–water partition coefficient (Wildman–Crippen LogP) is 2.86. The summed E-state index contributed by atoms with van der Waals surface area (Å²) in [5.74, 6) is 0.176. The molecule has 1 amide bonds. The molecule has 1 aliphatic heterocycles. The van der Waals surface area contributed by atoms with Crippen molar-refractivity contribution in [3.8, 4) is 0 Å².